The first-order chi connectivity index (χ1) is 9.20. The molecule has 6 nitrogen and oxygen atoms in total. The number of carbonyl (C=O) groups is 1. The van der Waals surface area contributed by atoms with Crippen LogP contribution in [0.1, 0.15) is 22.0 Å². The summed E-state index contributed by atoms with van der Waals surface area (Å²) in [4.78, 5) is 17.8. The van der Waals surface area contributed by atoms with Gasteiger partial charge in [0, 0.05) is 13.1 Å². The van der Waals surface area contributed by atoms with E-state index in [1.807, 2.05) is 30.3 Å². The number of nitrogens with one attached hydrogen (secondary N) is 1. The number of aromatic amines is 1. The number of benzene rings is 1. The second kappa shape index (κ2) is 6.10. The van der Waals surface area contributed by atoms with Crippen molar-refractivity contribution in [1.82, 2.24) is 20.1 Å². The Hall–Kier alpha value is -2.21. The molecule has 0 radical (unpaired) electrons. The van der Waals surface area contributed by atoms with Crippen LogP contribution in [-0.4, -0.2) is 44.2 Å². The van der Waals surface area contributed by atoms with Crippen molar-refractivity contribution in [2.24, 2.45) is 0 Å². The number of aliphatic hydroxyl groups is 1. The second-order valence-electron chi connectivity index (χ2n) is 4.18. The normalized spacial score (nSPS) is 10.4. The Kier molecular flexibility index (Phi) is 4.25. The smallest absolute Gasteiger partial charge is 0.293 e. The molecule has 0 saturated heterocycles. The fraction of sp³-hybridized carbons (Fsp3) is 0.308. The third-order valence-corrected chi connectivity index (χ3v) is 2.66. The van der Waals surface area contributed by atoms with Gasteiger partial charge >= 0.3 is 0 Å². The number of nitrogens with zero attached hydrogens (tertiary/aromatic N) is 3. The fourth-order valence-corrected chi connectivity index (χ4v) is 1.76. The molecule has 0 unspecified atom stereocenters. The van der Waals surface area contributed by atoms with Crippen molar-refractivity contribution in [3.63, 3.8) is 0 Å². The molecule has 100 valence electrons. The summed E-state index contributed by atoms with van der Waals surface area (Å²) in [5.41, 5.74) is 0.997. The lowest BCUT2D eigenvalue weighted by Gasteiger charge is -2.20. The monoisotopic (exact) mass is 260 g/mol. The Morgan fingerprint density at radius 1 is 1.37 bits per heavy atom. The molecule has 19 heavy (non-hydrogen) atoms. The summed E-state index contributed by atoms with van der Waals surface area (Å²) < 4.78 is 0. The predicted octanol–water partition coefficient (Wildman–Crippen LogP) is 0.748. The minimum atomic E-state index is -0.290. The number of hydrogen-bond donors (Lipinski definition) is 2. The average molecular weight is 260 g/mol. The van der Waals surface area contributed by atoms with E-state index < -0.39 is 0 Å². The highest BCUT2D eigenvalue weighted by Gasteiger charge is 2.19. The summed E-state index contributed by atoms with van der Waals surface area (Å²) in [5, 5.41) is 15.6. The fourth-order valence-electron chi connectivity index (χ4n) is 1.76. The van der Waals surface area contributed by atoms with E-state index >= 15 is 0 Å². The van der Waals surface area contributed by atoms with Crippen molar-refractivity contribution < 1.29 is 9.90 Å². The highest BCUT2D eigenvalue weighted by atomic mass is 16.3. The zero-order valence-corrected chi connectivity index (χ0v) is 10.7. The van der Waals surface area contributed by atoms with Crippen LogP contribution < -0.4 is 0 Å². The molecule has 2 rings (SSSR count). The van der Waals surface area contributed by atoms with E-state index in [2.05, 4.69) is 15.2 Å². The number of aryl methyl sites for hydroxylation is 1. The van der Waals surface area contributed by atoms with Crippen LogP contribution in [0, 0.1) is 6.92 Å². The van der Waals surface area contributed by atoms with Gasteiger partial charge in [-0.15, -0.1) is 5.10 Å². The van der Waals surface area contributed by atoms with Gasteiger partial charge in [0.25, 0.3) is 5.91 Å². The topological polar surface area (TPSA) is 82.1 Å². The maximum atomic E-state index is 12.2. The van der Waals surface area contributed by atoms with Gasteiger partial charge in [-0.1, -0.05) is 30.3 Å². The second-order valence-corrected chi connectivity index (χ2v) is 4.18. The van der Waals surface area contributed by atoms with Gasteiger partial charge in [-0.05, 0) is 12.5 Å². The number of rotatable bonds is 5. The zero-order valence-electron chi connectivity index (χ0n) is 10.7. The van der Waals surface area contributed by atoms with E-state index in [0.717, 1.165) is 5.56 Å². The zero-order chi connectivity index (χ0) is 13.7. The molecule has 0 spiro atoms. The first-order valence-electron chi connectivity index (χ1n) is 6.04. The quantitative estimate of drug-likeness (QED) is 0.831. The van der Waals surface area contributed by atoms with Crippen LogP contribution in [0.4, 0.5) is 0 Å². The first-order valence-corrected chi connectivity index (χ1v) is 6.04. The number of amides is 1. The van der Waals surface area contributed by atoms with E-state index in [4.69, 9.17) is 5.11 Å². The lowest BCUT2D eigenvalue weighted by molar-refractivity contribution is 0.0696. The van der Waals surface area contributed by atoms with Crippen LogP contribution in [0.5, 0.6) is 0 Å². The van der Waals surface area contributed by atoms with Crippen LogP contribution in [0.25, 0.3) is 0 Å². The first kappa shape index (κ1) is 13.2. The lowest BCUT2D eigenvalue weighted by Crippen LogP contribution is -2.33. The standard InChI is InChI=1S/C13H16N4O2/c1-10-14-12(16-15-10)13(19)17(7-8-18)9-11-5-3-2-4-6-11/h2-6,18H,7-9H2,1H3,(H,14,15,16). The van der Waals surface area contributed by atoms with Crippen molar-refractivity contribution in [1.29, 1.82) is 0 Å². The van der Waals surface area contributed by atoms with Crippen LogP contribution >= 0.6 is 0 Å². The Bertz CT molecular complexity index is 539. The molecule has 6 heteroatoms. The maximum absolute atomic E-state index is 12.2. The molecule has 1 aromatic heterocycles. The third-order valence-electron chi connectivity index (χ3n) is 2.66. The molecule has 0 saturated carbocycles. The number of hydrogen-bond acceptors (Lipinski definition) is 4. The molecule has 0 aliphatic carbocycles. The van der Waals surface area contributed by atoms with E-state index in [1.165, 1.54) is 4.90 Å². The van der Waals surface area contributed by atoms with Gasteiger partial charge in [0.15, 0.2) is 0 Å². The largest absolute Gasteiger partial charge is 0.395 e. The Balaban J connectivity index is 2.13. The molecular weight excluding hydrogens is 244 g/mol. The Morgan fingerprint density at radius 3 is 2.68 bits per heavy atom. The number of aromatic nitrogens is 3. The predicted molar refractivity (Wildman–Crippen MR) is 69.4 cm³/mol. The van der Waals surface area contributed by atoms with Crippen molar-refractivity contribution >= 4 is 5.91 Å². The minimum Gasteiger partial charge on any atom is -0.395 e. The SMILES string of the molecule is Cc1nc(C(=O)N(CCO)Cc2ccccc2)n[nH]1. The van der Waals surface area contributed by atoms with Crippen molar-refractivity contribution in [2.45, 2.75) is 13.5 Å². The highest BCUT2D eigenvalue weighted by molar-refractivity contribution is 5.90. The van der Waals surface area contributed by atoms with Gasteiger partial charge < -0.3 is 10.0 Å². The van der Waals surface area contributed by atoms with Gasteiger partial charge in [0.2, 0.25) is 5.82 Å². The molecule has 0 aliphatic rings. The number of aliphatic hydroxyl groups excluding tert-OH is 1. The average Bonchev–Trinajstić information content (AvgIpc) is 2.85. The van der Waals surface area contributed by atoms with E-state index in [-0.39, 0.29) is 24.9 Å². The van der Waals surface area contributed by atoms with Gasteiger partial charge in [0.1, 0.15) is 5.82 Å². The molecule has 1 amide bonds. The lowest BCUT2D eigenvalue weighted by atomic mass is 10.2. The molecule has 2 aromatic rings. The Morgan fingerprint density at radius 2 is 2.11 bits per heavy atom. The van der Waals surface area contributed by atoms with Crippen molar-refractivity contribution in [3.05, 3.63) is 47.5 Å². The summed E-state index contributed by atoms with van der Waals surface area (Å²) in [6, 6.07) is 9.60. The van der Waals surface area contributed by atoms with E-state index in [9.17, 15) is 4.79 Å². The summed E-state index contributed by atoms with van der Waals surface area (Å²) in [5.74, 6) is 0.427. The molecule has 0 bridgehead atoms. The van der Waals surface area contributed by atoms with Gasteiger partial charge in [-0.3, -0.25) is 9.89 Å². The molecule has 0 aliphatic heterocycles. The van der Waals surface area contributed by atoms with E-state index in [0.29, 0.717) is 12.4 Å². The van der Waals surface area contributed by atoms with Crippen molar-refractivity contribution in [2.75, 3.05) is 13.2 Å². The highest BCUT2D eigenvalue weighted by Crippen LogP contribution is 2.07. The number of H-pyrrole nitrogens is 1. The Labute approximate surface area is 111 Å². The molecule has 2 N–H and O–H groups in total. The summed E-state index contributed by atoms with van der Waals surface area (Å²) in [7, 11) is 0. The summed E-state index contributed by atoms with van der Waals surface area (Å²) in [6.07, 6.45) is 0. The molecular formula is C13H16N4O2. The molecule has 1 aromatic carbocycles. The van der Waals surface area contributed by atoms with Crippen LogP contribution in [0.15, 0.2) is 30.3 Å². The third kappa shape index (κ3) is 3.38. The number of carbonyl (C=O) groups excluding carboxylic acids is 1. The van der Waals surface area contributed by atoms with Gasteiger partial charge in [-0.2, -0.15) is 0 Å². The molecule has 1 heterocycles. The summed E-state index contributed by atoms with van der Waals surface area (Å²) >= 11 is 0. The van der Waals surface area contributed by atoms with Crippen LogP contribution in [-0.2, 0) is 6.54 Å². The maximum Gasteiger partial charge on any atom is 0.293 e. The summed E-state index contributed by atoms with van der Waals surface area (Å²) in [6.45, 7) is 2.31. The van der Waals surface area contributed by atoms with E-state index in [1.54, 1.807) is 6.92 Å². The van der Waals surface area contributed by atoms with Crippen LogP contribution in [0.3, 0.4) is 0 Å². The van der Waals surface area contributed by atoms with Gasteiger partial charge in [-0.25, -0.2) is 4.98 Å². The van der Waals surface area contributed by atoms with Crippen LogP contribution in [0.2, 0.25) is 0 Å². The van der Waals surface area contributed by atoms with Gasteiger partial charge in [0.05, 0.1) is 6.61 Å². The van der Waals surface area contributed by atoms with Crippen molar-refractivity contribution in [3.8, 4) is 0 Å². The molecule has 0 fully saturated rings. The minimum absolute atomic E-state index is 0.0953. The molecule has 0 atom stereocenters.